The van der Waals surface area contributed by atoms with E-state index < -0.39 is 0 Å². The second-order valence-corrected chi connectivity index (χ2v) is 7.91. The fourth-order valence-electron chi connectivity index (χ4n) is 4.20. The summed E-state index contributed by atoms with van der Waals surface area (Å²) < 4.78 is 6.07. The molecule has 2 unspecified atom stereocenters. The van der Waals surface area contributed by atoms with Crippen LogP contribution in [0.2, 0.25) is 0 Å². The van der Waals surface area contributed by atoms with Crippen molar-refractivity contribution in [3.8, 4) is 0 Å². The van der Waals surface area contributed by atoms with E-state index in [-0.39, 0.29) is 30.1 Å². The van der Waals surface area contributed by atoms with E-state index in [4.69, 9.17) is 4.74 Å². The van der Waals surface area contributed by atoms with Crippen LogP contribution in [0.4, 0.5) is 0 Å². The number of aliphatic imine (C=N–C) groups is 1. The van der Waals surface area contributed by atoms with Gasteiger partial charge in [0.15, 0.2) is 5.96 Å². The SMILES string of the molecule is CCN1CCN(C(C)CNC(=NC)N2CCOC(c3ccccc3C)C2)CC1.I. The van der Waals surface area contributed by atoms with Crippen molar-refractivity contribution >= 4 is 29.9 Å². The van der Waals surface area contributed by atoms with Gasteiger partial charge >= 0.3 is 0 Å². The molecule has 1 aromatic rings. The highest BCUT2D eigenvalue weighted by molar-refractivity contribution is 14.0. The average Bonchev–Trinajstić information content (AvgIpc) is 2.74. The zero-order valence-electron chi connectivity index (χ0n) is 18.4. The minimum atomic E-state index is 0. The molecule has 2 aliphatic rings. The highest BCUT2D eigenvalue weighted by Crippen LogP contribution is 2.25. The molecule has 2 fully saturated rings. The van der Waals surface area contributed by atoms with Crippen LogP contribution in [-0.2, 0) is 4.74 Å². The number of likely N-dealkylation sites (N-methyl/N-ethyl adjacent to an activating group) is 1. The van der Waals surface area contributed by atoms with Gasteiger partial charge in [0.2, 0.25) is 0 Å². The first-order valence-corrected chi connectivity index (χ1v) is 10.7. The summed E-state index contributed by atoms with van der Waals surface area (Å²) in [7, 11) is 1.88. The number of rotatable bonds is 5. The van der Waals surface area contributed by atoms with E-state index in [1.807, 2.05) is 7.05 Å². The fraction of sp³-hybridized carbons (Fsp3) is 0.682. The Balaban J connectivity index is 0.00000300. The van der Waals surface area contributed by atoms with Crippen molar-refractivity contribution in [2.24, 2.45) is 4.99 Å². The average molecular weight is 515 g/mol. The minimum absolute atomic E-state index is 0. The molecule has 2 saturated heterocycles. The lowest BCUT2D eigenvalue weighted by atomic mass is 10.0. The number of hydrogen-bond acceptors (Lipinski definition) is 4. The summed E-state index contributed by atoms with van der Waals surface area (Å²) in [5.41, 5.74) is 2.57. The Morgan fingerprint density at radius 1 is 1.21 bits per heavy atom. The second-order valence-electron chi connectivity index (χ2n) is 7.91. The maximum atomic E-state index is 6.07. The number of aryl methyl sites for hydroxylation is 1. The zero-order chi connectivity index (χ0) is 19.9. The Hall–Kier alpha value is -0.900. The summed E-state index contributed by atoms with van der Waals surface area (Å²) in [6.45, 7) is 15.9. The van der Waals surface area contributed by atoms with Crippen molar-refractivity contribution in [1.29, 1.82) is 0 Å². The van der Waals surface area contributed by atoms with E-state index in [1.54, 1.807) is 0 Å². The van der Waals surface area contributed by atoms with Crippen molar-refractivity contribution in [2.75, 3.05) is 66.0 Å². The van der Waals surface area contributed by atoms with Gasteiger partial charge in [-0.1, -0.05) is 31.2 Å². The van der Waals surface area contributed by atoms with Gasteiger partial charge in [0.1, 0.15) is 6.10 Å². The van der Waals surface area contributed by atoms with Crippen LogP contribution in [0.25, 0.3) is 0 Å². The summed E-state index contributed by atoms with van der Waals surface area (Å²) >= 11 is 0. The van der Waals surface area contributed by atoms with Crippen molar-refractivity contribution < 1.29 is 4.74 Å². The Morgan fingerprint density at radius 3 is 2.59 bits per heavy atom. The highest BCUT2D eigenvalue weighted by atomic mass is 127. The van der Waals surface area contributed by atoms with Gasteiger partial charge in [0.05, 0.1) is 13.2 Å². The molecular weight excluding hydrogens is 477 g/mol. The molecule has 164 valence electrons. The Morgan fingerprint density at radius 2 is 1.93 bits per heavy atom. The molecular formula is C22H38IN5O. The standard InChI is InChI=1S/C22H37N5O.HI/c1-5-25-10-12-26(13-11-25)19(3)16-24-22(23-4)27-14-15-28-21(17-27)20-9-7-6-8-18(20)2;/h6-9,19,21H,5,10-17H2,1-4H3,(H,23,24);1H. The number of nitrogens with one attached hydrogen (secondary N) is 1. The maximum absolute atomic E-state index is 6.07. The van der Waals surface area contributed by atoms with Crippen LogP contribution in [0.1, 0.15) is 31.1 Å². The predicted molar refractivity (Wildman–Crippen MR) is 131 cm³/mol. The lowest BCUT2D eigenvalue weighted by Gasteiger charge is -2.39. The van der Waals surface area contributed by atoms with Crippen LogP contribution >= 0.6 is 24.0 Å². The van der Waals surface area contributed by atoms with Gasteiger partial charge in [0.25, 0.3) is 0 Å². The molecule has 0 aromatic heterocycles. The van der Waals surface area contributed by atoms with Crippen molar-refractivity contribution in [3.63, 3.8) is 0 Å². The molecule has 3 rings (SSSR count). The summed E-state index contributed by atoms with van der Waals surface area (Å²) in [6.07, 6.45) is 0.105. The molecule has 2 heterocycles. The molecule has 0 spiro atoms. The largest absolute Gasteiger partial charge is 0.370 e. The monoisotopic (exact) mass is 515 g/mol. The van der Waals surface area contributed by atoms with Crippen molar-refractivity contribution in [3.05, 3.63) is 35.4 Å². The van der Waals surface area contributed by atoms with E-state index in [0.29, 0.717) is 6.04 Å². The molecule has 0 aliphatic carbocycles. The quantitative estimate of drug-likeness (QED) is 0.371. The number of piperazine rings is 1. The van der Waals surface area contributed by atoms with E-state index in [0.717, 1.165) is 51.8 Å². The number of benzene rings is 1. The van der Waals surface area contributed by atoms with Crippen LogP contribution in [-0.4, -0.2) is 92.7 Å². The molecule has 7 heteroatoms. The zero-order valence-corrected chi connectivity index (χ0v) is 20.8. The lowest BCUT2D eigenvalue weighted by Crippen LogP contribution is -2.54. The first kappa shape index (κ1) is 24.4. The Bertz CT molecular complexity index is 648. The molecule has 0 radical (unpaired) electrons. The van der Waals surface area contributed by atoms with E-state index in [1.165, 1.54) is 24.2 Å². The summed E-state index contributed by atoms with van der Waals surface area (Å²) in [5.74, 6) is 0.987. The third kappa shape index (κ3) is 6.54. The molecule has 6 nitrogen and oxygen atoms in total. The topological polar surface area (TPSA) is 43.3 Å². The molecule has 0 amide bonds. The maximum Gasteiger partial charge on any atom is 0.193 e. The van der Waals surface area contributed by atoms with Gasteiger partial charge in [0, 0.05) is 52.4 Å². The first-order valence-electron chi connectivity index (χ1n) is 10.7. The normalized spacial score (nSPS) is 22.8. The number of nitrogens with zero attached hydrogens (tertiary/aromatic N) is 4. The molecule has 1 N–H and O–H groups in total. The lowest BCUT2D eigenvalue weighted by molar-refractivity contribution is -0.00845. The van der Waals surface area contributed by atoms with Gasteiger partial charge in [-0.15, -0.1) is 24.0 Å². The number of halogens is 1. The molecule has 0 bridgehead atoms. The summed E-state index contributed by atoms with van der Waals surface area (Å²) in [6, 6.07) is 9.02. The van der Waals surface area contributed by atoms with Crippen LogP contribution in [0.5, 0.6) is 0 Å². The van der Waals surface area contributed by atoms with Gasteiger partial charge in [-0.25, -0.2) is 0 Å². The van der Waals surface area contributed by atoms with Crippen molar-refractivity contribution in [1.82, 2.24) is 20.0 Å². The van der Waals surface area contributed by atoms with E-state index >= 15 is 0 Å². The summed E-state index contributed by atoms with van der Waals surface area (Å²) in [5, 5.41) is 3.61. The fourth-order valence-corrected chi connectivity index (χ4v) is 4.20. The summed E-state index contributed by atoms with van der Waals surface area (Å²) in [4.78, 5) is 12.0. The van der Waals surface area contributed by atoms with Crippen molar-refractivity contribution in [2.45, 2.75) is 32.9 Å². The Kier molecular flexibility index (Phi) is 10.1. The molecule has 2 atom stereocenters. The van der Waals surface area contributed by atoms with Gasteiger partial charge < -0.3 is 19.9 Å². The third-order valence-electron chi connectivity index (χ3n) is 6.15. The van der Waals surface area contributed by atoms with E-state index in [9.17, 15) is 0 Å². The molecule has 2 aliphatic heterocycles. The number of morpholine rings is 1. The first-order chi connectivity index (χ1) is 13.6. The number of hydrogen-bond donors (Lipinski definition) is 1. The number of guanidine groups is 1. The van der Waals surface area contributed by atoms with Crippen LogP contribution in [0, 0.1) is 6.92 Å². The van der Waals surface area contributed by atoms with Gasteiger partial charge in [-0.05, 0) is 31.5 Å². The Labute approximate surface area is 193 Å². The number of ether oxygens (including phenoxy) is 1. The second kappa shape index (κ2) is 12.1. The molecule has 1 aromatic carbocycles. The van der Waals surface area contributed by atoms with Crippen LogP contribution in [0.15, 0.2) is 29.3 Å². The van der Waals surface area contributed by atoms with Crippen LogP contribution in [0.3, 0.4) is 0 Å². The highest BCUT2D eigenvalue weighted by Gasteiger charge is 2.26. The smallest absolute Gasteiger partial charge is 0.193 e. The van der Waals surface area contributed by atoms with E-state index in [2.05, 4.69) is 70.0 Å². The van der Waals surface area contributed by atoms with Gasteiger partial charge in [-0.2, -0.15) is 0 Å². The minimum Gasteiger partial charge on any atom is -0.370 e. The molecule has 29 heavy (non-hydrogen) atoms. The van der Waals surface area contributed by atoms with Crippen LogP contribution < -0.4 is 5.32 Å². The third-order valence-corrected chi connectivity index (χ3v) is 6.15. The van der Waals surface area contributed by atoms with Gasteiger partial charge in [-0.3, -0.25) is 9.89 Å². The molecule has 0 saturated carbocycles. The predicted octanol–water partition coefficient (Wildman–Crippen LogP) is 2.59.